The van der Waals surface area contributed by atoms with Crippen LogP contribution in [0.5, 0.6) is 11.5 Å². The topological polar surface area (TPSA) is 89.0 Å². The zero-order chi connectivity index (χ0) is 26.8. The largest absolute Gasteiger partial charge is 0.507 e. The van der Waals surface area contributed by atoms with Crippen LogP contribution in [0.15, 0.2) is 85.0 Å². The van der Waals surface area contributed by atoms with E-state index in [4.69, 9.17) is 14.5 Å². The number of aliphatic hydroxyl groups excluding tert-OH is 1. The average molecular weight is 527 g/mol. The molecule has 0 spiro atoms. The Bertz CT molecular complexity index is 1570. The molecule has 1 atom stereocenters. The minimum absolute atomic E-state index is 0.0189. The molecule has 1 aliphatic rings. The number of benzene rings is 3. The lowest BCUT2D eigenvalue weighted by Gasteiger charge is -2.23. The maximum Gasteiger partial charge on any atom is 0.301 e. The molecule has 4 aromatic rings. The first-order valence-corrected chi connectivity index (χ1v) is 12.9. The van der Waals surface area contributed by atoms with Crippen LogP contribution in [0.25, 0.3) is 16.0 Å². The minimum atomic E-state index is -0.907. The highest BCUT2D eigenvalue weighted by Crippen LogP contribution is 2.45. The number of aliphatic hydroxyl groups is 1. The van der Waals surface area contributed by atoms with Crippen LogP contribution in [0, 0.1) is 0 Å². The minimum Gasteiger partial charge on any atom is -0.507 e. The van der Waals surface area contributed by atoms with Crippen LogP contribution in [0.3, 0.4) is 0 Å². The molecule has 0 aliphatic carbocycles. The highest BCUT2D eigenvalue weighted by Gasteiger charge is 2.48. The van der Waals surface area contributed by atoms with E-state index in [0.29, 0.717) is 34.4 Å². The van der Waals surface area contributed by atoms with Crippen molar-refractivity contribution in [1.82, 2.24) is 4.98 Å². The number of aryl methyl sites for hydroxylation is 1. The van der Waals surface area contributed by atoms with Gasteiger partial charge in [-0.2, -0.15) is 0 Å². The Morgan fingerprint density at radius 2 is 1.89 bits per heavy atom. The van der Waals surface area contributed by atoms with Crippen molar-refractivity contribution in [3.63, 3.8) is 0 Å². The van der Waals surface area contributed by atoms with Gasteiger partial charge >= 0.3 is 5.91 Å². The van der Waals surface area contributed by atoms with Gasteiger partial charge in [-0.1, -0.05) is 49.1 Å². The van der Waals surface area contributed by atoms with Crippen molar-refractivity contribution in [2.24, 2.45) is 0 Å². The molecule has 0 radical (unpaired) electrons. The van der Waals surface area contributed by atoms with E-state index in [2.05, 4.69) is 13.5 Å². The Morgan fingerprint density at radius 3 is 2.61 bits per heavy atom. The number of amides is 1. The Kier molecular flexibility index (Phi) is 6.98. The lowest BCUT2D eigenvalue weighted by molar-refractivity contribution is -0.132. The predicted molar refractivity (Wildman–Crippen MR) is 149 cm³/mol. The number of hydrogen-bond donors (Lipinski definition) is 1. The third-order valence-electron chi connectivity index (χ3n) is 6.41. The van der Waals surface area contributed by atoms with E-state index in [1.54, 1.807) is 61.7 Å². The zero-order valence-electron chi connectivity index (χ0n) is 21.0. The number of rotatable bonds is 8. The standard InChI is InChI=1S/C30H26N2O5S/c1-4-15-37-22-8-6-7-20(17-22)26-25(27(33)19-10-12-21(36-3)13-11-19)28(34)29(35)32(26)30-31-23-14-9-18(5-2)16-24(23)38-30/h4,6-14,16-17,26,33H,1,5,15H2,2-3H3/b27-25+. The van der Waals surface area contributed by atoms with Crippen molar-refractivity contribution in [2.75, 3.05) is 18.6 Å². The second-order valence-electron chi connectivity index (χ2n) is 8.72. The van der Waals surface area contributed by atoms with Gasteiger partial charge in [0.2, 0.25) is 0 Å². The molecule has 1 N–H and O–H groups in total. The fourth-order valence-corrected chi connectivity index (χ4v) is 5.51. The van der Waals surface area contributed by atoms with Crippen molar-refractivity contribution < 1.29 is 24.2 Å². The Balaban J connectivity index is 1.69. The van der Waals surface area contributed by atoms with Crippen LogP contribution in [0.4, 0.5) is 5.13 Å². The van der Waals surface area contributed by atoms with E-state index < -0.39 is 17.7 Å². The quantitative estimate of drug-likeness (QED) is 0.130. The summed E-state index contributed by atoms with van der Waals surface area (Å²) in [6.07, 6.45) is 2.50. The Morgan fingerprint density at radius 1 is 1.11 bits per heavy atom. The summed E-state index contributed by atoms with van der Waals surface area (Å²) in [7, 11) is 1.54. The lowest BCUT2D eigenvalue weighted by Crippen LogP contribution is -2.29. The van der Waals surface area contributed by atoms with Crippen molar-refractivity contribution >= 4 is 44.1 Å². The number of ketones is 1. The van der Waals surface area contributed by atoms with Crippen LogP contribution in [-0.4, -0.2) is 35.5 Å². The molecule has 1 unspecified atom stereocenters. The molecule has 3 aromatic carbocycles. The molecule has 1 aliphatic heterocycles. The van der Waals surface area contributed by atoms with E-state index in [1.165, 1.54) is 16.2 Å². The number of hydrogen-bond acceptors (Lipinski definition) is 7. The van der Waals surface area contributed by atoms with Gasteiger partial charge in [-0.15, -0.1) is 0 Å². The summed E-state index contributed by atoms with van der Waals surface area (Å²) in [4.78, 5) is 33.1. The van der Waals surface area contributed by atoms with Gasteiger partial charge in [0.15, 0.2) is 5.13 Å². The lowest BCUT2D eigenvalue weighted by atomic mass is 9.95. The smallest absolute Gasteiger partial charge is 0.301 e. The summed E-state index contributed by atoms with van der Waals surface area (Å²) in [6, 6.07) is 18.8. The van der Waals surface area contributed by atoms with E-state index in [0.717, 1.165) is 22.2 Å². The van der Waals surface area contributed by atoms with Crippen LogP contribution in [0.1, 0.15) is 29.7 Å². The molecule has 5 rings (SSSR count). The number of Topliss-reactive ketones (excluding diaryl/α,β-unsaturated/α-hetero) is 1. The maximum absolute atomic E-state index is 13.5. The molecule has 192 valence electrons. The first kappa shape index (κ1) is 25.2. The van der Waals surface area contributed by atoms with Gasteiger partial charge in [-0.25, -0.2) is 4.98 Å². The van der Waals surface area contributed by atoms with Gasteiger partial charge < -0.3 is 14.6 Å². The molecule has 0 saturated carbocycles. The molecule has 1 aromatic heterocycles. The fraction of sp³-hybridized carbons (Fsp3) is 0.167. The van der Waals surface area contributed by atoms with Gasteiger partial charge in [-0.05, 0) is 66.1 Å². The average Bonchev–Trinajstić information content (AvgIpc) is 3.49. The second kappa shape index (κ2) is 10.5. The van der Waals surface area contributed by atoms with Gasteiger partial charge in [0.05, 0.1) is 28.9 Å². The summed E-state index contributed by atoms with van der Waals surface area (Å²) in [6.45, 7) is 6.05. The number of thiazole rings is 1. The molecule has 7 nitrogen and oxygen atoms in total. The molecule has 0 bridgehead atoms. The Labute approximate surface area is 224 Å². The number of carbonyl (C=O) groups is 2. The summed E-state index contributed by atoms with van der Waals surface area (Å²) in [5.74, 6) is -0.655. The van der Waals surface area contributed by atoms with E-state index >= 15 is 0 Å². The van der Waals surface area contributed by atoms with Crippen LogP contribution < -0.4 is 14.4 Å². The number of anilines is 1. The third kappa shape index (κ3) is 4.54. The fourth-order valence-electron chi connectivity index (χ4n) is 4.46. The van der Waals surface area contributed by atoms with Crippen LogP contribution in [-0.2, 0) is 16.0 Å². The molecule has 8 heteroatoms. The van der Waals surface area contributed by atoms with Gasteiger partial charge in [0.25, 0.3) is 5.78 Å². The van der Waals surface area contributed by atoms with Crippen LogP contribution >= 0.6 is 11.3 Å². The molecular weight excluding hydrogens is 500 g/mol. The number of nitrogens with zero attached hydrogens (tertiary/aromatic N) is 2. The first-order chi connectivity index (χ1) is 18.4. The number of fused-ring (bicyclic) bond motifs is 1. The number of methoxy groups -OCH3 is 1. The van der Waals surface area contributed by atoms with Gasteiger partial charge in [0.1, 0.15) is 23.9 Å². The van der Waals surface area contributed by atoms with Crippen molar-refractivity contribution in [1.29, 1.82) is 0 Å². The second-order valence-corrected chi connectivity index (χ2v) is 9.73. The summed E-state index contributed by atoms with van der Waals surface area (Å²) in [5, 5.41) is 11.7. The normalized spacial score (nSPS) is 16.7. The molecule has 1 amide bonds. The monoisotopic (exact) mass is 526 g/mol. The summed E-state index contributed by atoms with van der Waals surface area (Å²) in [5.41, 5.74) is 2.87. The zero-order valence-corrected chi connectivity index (χ0v) is 21.8. The molecular formula is C30H26N2O5S. The van der Waals surface area contributed by atoms with Crippen molar-refractivity contribution in [3.8, 4) is 11.5 Å². The SMILES string of the molecule is C=CCOc1cccc(C2/C(=C(\O)c3ccc(OC)cc3)C(=O)C(=O)N2c2nc3ccc(CC)cc3s2)c1. The van der Waals surface area contributed by atoms with Gasteiger partial charge in [0, 0.05) is 5.56 Å². The van der Waals surface area contributed by atoms with Crippen molar-refractivity contribution in [3.05, 3.63) is 102 Å². The third-order valence-corrected chi connectivity index (χ3v) is 7.42. The van der Waals surface area contributed by atoms with E-state index in [9.17, 15) is 14.7 Å². The molecule has 1 saturated heterocycles. The first-order valence-electron chi connectivity index (χ1n) is 12.1. The van der Waals surface area contributed by atoms with Gasteiger partial charge in [-0.3, -0.25) is 14.5 Å². The number of aromatic nitrogens is 1. The Hall–Kier alpha value is -4.43. The maximum atomic E-state index is 13.5. The number of carbonyl (C=O) groups excluding carboxylic acids is 2. The van der Waals surface area contributed by atoms with Crippen LogP contribution in [0.2, 0.25) is 0 Å². The van der Waals surface area contributed by atoms with Crippen molar-refractivity contribution in [2.45, 2.75) is 19.4 Å². The van der Waals surface area contributed by atoms with E-state index in [1.807, 2.05) is 18.2 Å². The number of ether oxygens (including phenoxy) is 2. The highest BCUT2D eigenvalue weighted by atomic mass is 32.1. The highest BCUT2D eigenvalue weighted by molar-refractivity contribution is 7.22. The predicted octanol–water partition coefficient (Wildman–Crippen LogP) is 6.06. The molecule has 1 fully saturated rings. The van der Waals surface area contributed by atoms with E-state index in [-0.39, 0.29) is 11.3 Å². The molecule has 2 heterocycles. The molecule has 38 heavy (non-hydrogen) atoms. The summed E-state index contributed by atoms with van der Waals surface area (Å²) < 4.78 is 11.8. The summed E-state index contributed by atoms with van der Waals surface area (Å²) >= 11 is 1.34.